The molecule has 3 heterocycles. The molecule has 2 aromatic heterocycles. The molecule has 1 atom stereocenters. The highest BCUT2D eigenvalue weighted by Crippen LogP contribution is 2.15. The van der Waals surface area contributed by atoms with Gasteiger partial charge < -0.3 is 4.55 Å². The number of nitrogens with zero attached hydrogens (tertiary/aromatic N) is 5. The fraction of sp³-hybridized carbons (Fsp3) is 0.364. The Bertz CT molecular complexity index is 732. The van der Waals surface area contributed by atoms with Gasteiger partial charge >= 0.3 is 5.69 Å². The minimum absolute atomic E-state index is 0.117. The third-order valence-corrected chi connectivity index (χ3v) is 4.46. The molecule has 8 nitrogen and oxygen atoms in total. The van der Waals surface area contributed by atoms with Gasteiger partial charge in [-0.05, 0) is 12.1 Å². The van der Waals surface area contributed by atoms with Crippen LogP contribution in [0.2, 0.25) is 0 Å². The minimum Gasteiger partial charge on any atom is -0.598 e. The molecule has 9 heteroatoms. The van der Waals surface area contributed by atoms with Gasteiger partial charge in [-0.2, -0.15) is 4.68 Å². The Morgan fingerprint density at radius 3 is 2.65 bits per heavy atom. The molecular weight excluding hydrogens is 282 g/mol. The second kappa shape index (κ2) is 4.62. The lowest BCUT2D eigenvalue weighted by atomic mass is 10.4. The normalized spacial score (nSPS) is 18.5. The average Bonchev–Trinajstić information content (AvgIpc) is 2.76. The van der Waals surface area contributed by atoms with E-state index in [1.807, 2.05) is 0 Å². The van der Waals surface area contributed by atoms with Gasteiger partial charge in [-0.15, -0.1) is 9.40 Å². The van der Waals surface area contributed by atoms with Crippen molar-refractivity contribution >= 4 is 10.4 Å². The Kier molecular flexibility index (Phi) is 3.04. The van der Waals surface area contributed by atoms with E-state index in [1.165, 1.54) is 13.6 Å². The van der Waals surface area contributed by atoms with Crippen LogP contribution in [0.5, 0.6) is 0 Å². The maximum absolute atomic E-state index is 12.2. The van der Waals surface area contributed by atoms with Gasteiger partial charge in [0.1, 0.15) is 23.2 Å². The van der Waals surface area contributed by atoms with Crippen LogP contribution in [0.4, 0.5) is 0 Å². The van der Waals surface area contributed by atoms with Crippen LogP contribution in [-0.2, 0) is 27.7 Å². The van der Waals surface area contributed by atoms with Crippen LogP contribution in [0.3, 0.4) is 0 Å². The lowest BCUT2D eigenvalue weighted by Gasteiger charge is -2.27. The number of pyridine rings is 1. The minimum atomic E-state index is -3.28. The number of fused-ring (bicyclic) bond motifs is 1. The molecule has 0 fully saturated rings. The third kappa shape index (κ3) is 2.19. The van der Waals surface area contributed by atoms with Crippen molar-refractivity contribution in [3.63, 3.8) is 0 Å². The van der Waals surface area contributed by atoms with Crippen LogP contribution in [0.15, 0.2) is 29.3 Å². The average molecular weight is 295 g/mol. The first-order valence-electron chi connectivity index (χ1n) is 6.01. The monoisotopic (exact) mass is 295 g/mol. The zero-order chi connectivity index (χ0) is 14.3. The molecule has 106 valence electrons. The van der Waals surface area contributed by atoms with Gasteiger partial charge in [-0.3, -0.25) is 9.55 Å². The van der Waals surface area contributed by atoms with Crippen LogP contribution in [0, 0.1) is 0 Å². The van der Waals surface area contributed by atoms with E-state index >= 15 is 0 Å². The van der Waals surface area contributed by atoms with E-state index in [9.17, 15) is 13.6 Å². The molecule has 0 aromatic carbocycles. The molecule has 0 saturated heterocycles. The summed E-state index contributed by atoms with van der Waals surface area (Å²) in [4.78, 5) is 16.1. The number of hydrogen-bond acceptors (Lipinski definition) is 5. The molecule has 0 aliphatic carbocycles. The van der Waals surface area contributed by atoms with E-state index in [0.29, 0.717) is 18.1 Å². The van der Waals surface area contributed by atoms with Crippen molar-refractivity contribution in [3.05, 3.63) is 40.8 Å². The summed E-state index contributed by atoms with van der Waals surface area (Å²) < 4.78 is 27.2. The Morgan fingerprint density at radius 2 is 2.00 bits per heavy atom. The maximum Gasteiger partial charge on any atom is 0.350 e. The number of sulfonamides is 1. The number of rotatable bonds is 2. The van der Waals surface area contributed by atoms with Gasteiger partial charge in [0.15, 0.2) is 5.82 Å². The van der Waals surface area contributed by atoms with Gasteiger partial charge in [0, 0.05) is 18.9 Å². The molecule has 0 bridgehead atoms. The van der Waals surface area contributed by atoms with E-state index < -0.39 is 10.4 Å². The van der Waals surface area contributed by atoms with Crippen molar-refractivity contribution in [2.24, 2.45) is 0 Å². The van der Waals surface area contributed by atoms with Crippen LogP contribution in [-0.4, -0.2) is 41.0 Å². The predicted molar refractivity (Wildman–Crippen MR) is 70.8 cm³/mol. The summed E-state index contributed by atoms with van der Waals surface area (Å²) >= 11 is 0. The maximum atomic E-state index is 12.2. The highest BCUT2D eigenvalue weighted by atomic mass is 32.3. The highest BCUT2D eigenvalue weighted by Gasteiger charge is 2.30. The summed E-state index contributed by atoms with van der Waals surface area (Å²) in [6.45, 7) is 0.715. The van der Waals surface area contributed by atoms with E-state index in [-0.39, 0.29) is 18.8 Å². The molecule has 20 heavy (non-hydrogen) atoms. The lowest BCUT2D eigenvalue weighted by molar-refractivity contribution is 0.303. The smallest absolute Gasteiger partial charge is 0.350 e. The lowest BCUT2D eigenvalue weighted by Crippen LogP contribution is -2.43. The fourth-order valence-electron chi connectivity index (χ4n) is 2.16. The van der Waals surface area contributed by atoms with Gasteiger partial charge in [-0.1, -0.05) is 4.21 Å². The fourth-order valence-corrected chi connectivity index (χ4v) is 2.93. The summed E-state index contributed by atoms with van der Waals surface area (Å²) in [5, 5.41) is 4.22. The van der Waals surface area contributed by atoms with Gasteiger partial charge in [0.2, 0.25) is 0 Å². The van der Waals surface area contributed by atoms with Crippen molar-refractivity contribution in [1.29, 1.82) is 0 Å². The standard InChI is InChI=1S/C11H13N5O3S/c1-20(18,19)14-6-7-15-10(8-14)13-16(11(15)17)9-2-4-12-5-3-9/h2-5H,6-8H2,1H3. The van der Waals surface area contributed by atoms with E-state index in [4.69, 9.17) is 0 Å². The molecule has 1 aliphatic heterocycles. The Balaban J connectivity index is 2.02. The van der Waals surface area contributed by atoms with E-state index in [2.05, 4.69) is 10.1 Å². The summed E-state index contributed by atoms with van der Waals surface area (Å²) in [7, 11) is -3.28. The third-order valence-electron chi connectivity index (χ3n) is 3.21. The second-order valence-corrected chi connectivity index (χ2v) is 6.55. The van der Waals surface area contributed by atoms with Crippen molar-refractivity contribution < 1.29 is 8.76 Å². The summed E-state index contributed by atoms with van der Waals surface area (Å²) in [5.74, 6) is 0.448. The molecule has 0 radical (unpaired) electrons. The Morgan fingerprint density at radius 1 is 1.30 bits per heavy atom. The van der Waals surface area contributed by atoms with E-state index in [1.54, 1.807) is 24.5 Å². The predicted octanol–water partition coefficient (Wildman–Crippen LogP) is -0.581. The molecular formula is C11H13N5O3S. The first-order chi connectivity index (χ1) is 9.47. The molecule has 2 aromatic rings. The molecule has 1 unspecified atom stereocenters. The van der Waals surface area contributed by atoms with Gasteiger partial charge in [0.05, 0.1) is 12.2 Å². The Hall–Kier alpha value is -1.84. The zero-order valence-corrected chi connectivity index (χ0v) is 11.6. The first kappa shape index (κ1) is 13.2. The van der Waals surface area contributed by atoms with Gasteiger partial charge in [0.25, 0.3) is 0 Å². The van der Waals surface area contributed by atoms with Crippen LogP contribution < -0.4 is 5.69 Å². The van der Waals surface area contributed by atoms with Crippen molar-refractivity contribution in [2.45, 2.75) is 13.1 Å². The highest BCUT2D eigenvalue weighted by molar-refractivity contribution is 7.94. The topological polar surface area (TPSA) is 96.1 Å². The summed E-state index contributed by atoms with van der Waals surface area (Å²) in [6.07, 6.45) is 4.30. The van der Waals surface area contributed by atoms with Crippen molar-refractivity contribution in [2.75, 3.05) is 12.8 Å². The van der Waals surface area contributed by atoms with E-state index in [0.717, 1.165) is 6.26 Å². The number of aromatic nitrogens is 4. The van der Waals surface area contributed by atoms with Gasteiger partial charge in [-0.25, -0.2) is 4.79 Å². The molecule has 0 spiro atoms. The molecule has 0 saturated carbocycles. The largest absolute Gasteiger partial charge is 0.598 e. The van der Waals surface area contributed by atoms with Crippen LogP contribution >= 0.6 is 0 Å². The molecule has 3 rings (SSSR count). The Labute approximate surface area is 116 Å². The van der Waals surface area contributed by atoms with Crippen LogP contribution in [0.25, 0.3) is 5.69 Å². The number of hydrogen-bond donors (Lipinski definition) is 0. The summed E-state index contributed by atoms with van der Waals surface area (Å²) in [6, 6.07) is 3.35. The molecule has 0 amide bonds. The molecule has 1 aliphatic rings. The first-order valence-corrected chi connectivity index (χ1v) is 7.86. The zero-order valence-electron chi connectivity index (χ0n) is 10.8. The molecule has 0 N–H and O–H groups in total. The second-order valence-electron chi connectivity index (χ2n) is 4.56. The van der Waals surface area contributed by atoms with Crippen LogP contribution in [0.1, 0.15) is 5.82 Å². The van der Waals surface area contributed by atoms with Crippen molar-refractivity contribution in [1.82, 2.24) is 23.6 Å². The van der Waals surface area contributed by atoms with Crippen molar-refractivity contribution in [3.8, 4) is 5.69 Å². The SMILES string of the molecule is C[S+](=O)([O-])N1CCn2c(nn(-c3ccncc3)c2=O)C1. The quantitative estimate of drug-likeness (QED) is 0.691. The summed E-state index contributed by atoms with van der Waals surface area (Å²) in [5.41, 5.74) is 0.345.